The van der Waals surface area contributed by atoms with E-state index in [0.717, 1.165) is 105 Å². The number of hydrogen-bond acceptors (Lipinski definition) is 8. The molecule has 2 aliphatic heterocycles. The molecular weight excluding hydrogens is 622 g/mol. The molecule has 7 rings (SSSR count). The Morgan fingerprint density at radius 3 is 2.37 bits per heavy atom. The summed E-state index contributed by atoms with van der Waals surface area (Å²) in [6, 6.07) is 8.11. The molecule has 0 aromatic carbocycles. The molecule has 264 valence electrons. The van der Waals surface area contributed by atoms with Crippen LogP contribution in [0.2, 0.25) is 0 Å². The first-order valence-corrected chi connectivity index (χ1v) is 17.9. The average molecular weight is 674 g/mol. The predicted octanol–water partition coefficient (Wildman–Crippen LogP) is 7.46. The highest BCUT2D eigenvalue weighted by molar-refractivity contribution is 5.94. The molecule has 4 fully saturated rings. The lowest BCUT2D eigenvalue weighted by molar-refractivity contribution is -0.178. The van der Waals surface area contributed by atoms with Crippen LogP contribution in [-0.4, -0.2) is 76.9 Å². The number of amides is 2. The highest BCUT2D eigenvalue weighted by Gasteiger charge is 2.50. The van der Waals surface area contributed by atoms with Gasteiger partial charge < -0.3 is 23.9 Å². The van der Waals surface area contributed by atoms with Crippen molar-refractivity contribution in [1.29, 1.82) is 0 Å². The molecule has 2 amide bonds. The number of carboxylic acid groups (broad SMARTS) is 1. The van der Waals surface area contributed by atoms with Gasteiger partial charge in [0.25, 0.3) is 0 Å². The fourth-order valence-electron chi connectivity index (χ4n) is 7.66. The summed E-state index contributed by atoms with van der Waals surface area (Å²) in [6.45, 7) is 9.69. The van der Waals surface area contributed by atoms with Crippen LogP contribution in [0.5, 0.6) is 5.75 Å². The van der Waals surface area contributed by atoms with Crippen LogP contribution >= 0.6 is 0 Å². The normalized spacial score (nSPS) is 21.7. The molecule has 1 N–H and O–H groups in total. The maximum atomic E-state index is 13.9. The first-order valence-electron chi connectivity index (χ1n) is 17.9. The maximum Gasteiger partial charge on any atom is 0.407 e. The predicted molar refractivity (Wildman–Crippen MR) is 186 cm³/mol. The molecule has 0 atom stereocenters. The van der Waals surface area contributed by atoms with Crippen molar-refractivity contribution in [3.8, 4) is 17.0 Å². The smallest absolute Gasteiger partial charge is 0.407 e. The third kappa shape index (κ3) is 8.09. The summed E-state index contributed by atoms with van der Waals surface area (Å²) in [6.07, 6.45) is 12.5. The molecule has 3 aromatic rings. The van der Waals surface area contributed by atoms with Crippen LogP contribution in [0.1, 0.15) is 101 Å². The summed E-state index contributed by atoms with van der Waals surface area (Å²) >= 11 is 0. The second-order valence-electron chi connectivity index (χ2n) is 14.8. The van der Waals surface area contributed by atoms with E-state index in [1.165, 1.54) is 11.3 Å². The molecule has 2 saturated carbocycles. The number of anilines is 1. The first kappa shape index (κ1) is 34.9. The second-order valence-corrected chi connectivity index (χ2v) is 14.8. The van der Waals surface area contributed by atoms with Crippen molar-refractivity contribution in [2.45, 2.75) is 90.4 Å². The topological polar surface area (TPSA) is 131 Å². The van der Waals surface area contributed by atoms with E-state index >= 15 is 0 Å². The van der Waals surface area contributed by atoms with Gasteiger partial charge in [-0.2, -0.15) is 0 Å². The summed E-state index contributed by atoms with van der Waals surface area (Å²) in [7, 11) is 1.69. The summed E-state index contributed by atoms with van der Waals surface area (Å²) in [5.41, 5.74) is 4.04. The number of aromatic nitrogens is 3. The molecule has 1 spiro atoms. The maximum absolute atomic E-state index is 13.9. The van der Waals surface area contributed by atoms with Gasteiger partial charge in [-0.3, -0.25) is 14.7 Å². The van der Waals surface area contributed by atoms with Crippen LogP contribution in [0.15, 0.2) is 41.1 Å². The Morgan fingerprint density at radius 1 is 1.04 bits per heavy atom. The van der Waals surface area contributed by atoms with Gasteiger partial charge in [0.2, 0.25) is 5.91 Å². The molecule has 2 aliphatic carbocycles. The Balaban J connectivity index is 0.000000353. The number of rotatable bonds is 8. The van der Waals surface area contributed by atoms with E-state index in [-0.39, 0.29) is 23.2 Å². The van der Waals surface area contributed by atoms with Gasteiger partial charge in [-0.1, -0.05) is 33.1 Å². The van der Waals surface area contributed by atoms with Crippen molar-refractivity contribution >= 4 is 17.8 Å². The average Bonchev–Trinajstić information content (AvgIpc) is 3.58. The van der Waals surface area contributed by atoms with Crippen molar-refractivity contribution in [2.75, 3.05) is 44.9 Å². The van der Waals surface area contributed by atoms with Gasteiger partial charge in [0.15, 0.2) is 5.89 Å². The number of methoxy groups -OCH3 is 1. The minimum absolute atomic E-state index is 0.0895. The molecule has 0 radical (unpaired) electrons. The molecule has 3 aromatic heterocycles. The van der Waals surface area contributed by atoms with Crippen molar-refractivity contribution in [3.63, 3.8) is 0 Å². The van der Waals surface area contributed by atoms with Crippen molar-refractivity contribution in [3.05, 3.63) is 54.0 Å². The van der Waals surface area contributed by atoms with Crippen LogP contribution in [-0.2, 0) is 9.53 Å². The van der Waals surface area contributed by atoms with Gasteiger partial charge in [-0.15, -0.1) is 0 Å². The largest absolute Gasteiger partial charge is 0.495 e. The highest BCUT2D eigenvalue weighted by Crippen LogP contribution is 2.39. The first-order chi connectivity index (χ1) is 23.6. The number of carbonyl (C=O) groups excluding carboxylic acids is 1. The Kier molecular flexibility index (Phi) is 10.9. The minimum atomic E-state index is -0.808. The summed E-state index contributed by atoms with van der Waals surface area (Å²) in [5, 5.41) is 8.47. The third-order valence-electron chi connectivity index (χ3n) is 10.7. The number of carbonyl (C=O) groups is 2. The Labute approximate surface area is 289 Å². The van der Waals surface area contributed by atoms with Crippen molar-refractivity contribution < 1.29 is 28.6 Å². The number of aryl methyl sites for hydroxylation is 1. The number of ether oxygens (including phenoxy) is 2. The van der Waals surface area contributed by atoms with E-state index in [4.69, 9.17) is 29.0 Å². The van der Waals surface area contributed by atoms with Gasteiger partial charge >= 0.3 is 6.09 Å². The van der Waals surface area contributed by atoms with Crippen LogP contribution in [0, 0.1) is 24.2 Å². The molecular formula is C38H51N5O6. The number of likely N-dealkylation sites (tertiary alicyclic amines) is 1. The lowest BCUT2D eigenvalue weighted by atomic mass is 9.78. The van der Waals surface area contributed by atoms with E-state index in [1.807, 2.05) is 30.0 Å². The van der Waals surface area contributed by atoms with Gasteiger partial charge in [-0.25, -0.2) is 14.8 Å². The van der Waals surface area contributed by atoms with E-state index in [1.54, 1.807) is 19.6 Å². The van der Waals surface area contributed by atoms with Crippen LogP contribution in [0.4, 0.5) is 10.6 Å². The Morgan fingerprint density at radius 2 is 1.78 bits per heavy atom. The molecule has 11 nitrogen and oxygen atoms in total. The van der Waals surface area contributed by atoms with Crippen LogP contribution in [0.3, 0.4) is 0 Å². The van der Waals surface area contributed by atoms with Crippen LogP contribution in [0.25, 0.3) is 11.3 Å². The second kappa shape index (κ2) is 15.3. The quantitative estimate of drug-likeness (QED) is 0.259. The SMILES string of the molecule is COc1ccc(C2CCC(CN(C(=O)C3CCCCC3)c3cc(-c4coc(C(C)C)n4)ccn3)CC2)nc1C.O=C(O)N1CC2(COC2)C1. The molecule has 0 unspecified atom stereocenters. The molecule has 5 heterocycles. The van der Waals surface area contributed by atoms with Gasteiger partial charge in [0, 0.05) is 54.8 Å². The Hall–Kier alpha value is -3.99. The van der Waals surface area contributed by atoms with Crippen molar-refractivity contribution in [2.24, 2.45) is 17.3 Å². The van der Waals surface area contributed by atoms with Gasteiger partial charge in [0.1, 0.15) is 23.5 Å². The van der Waals surface area contributed by atoms with Crippen molar-refractivity contribution in [1.82, 2.24) is 19.9 Å². The lowest BCUT2D eigenvalue weighted by Crippen LogP contribution is -2.66. The van der Waals surface area contributed by atoms with E-state index in [9.17, 15) is 9.59 Å². The molecule has 2 saturated heterocycles. The molecule has 49 heavy (non-hydrogen) atoms. The molecule has 11 heteroatoms. The fourth-order valence-corrected chi connectivity index (χ4v) is 7.66. The summed E-state index contributed by atoms with van der Waals surface area (Å²) < 4.78 is 16.1. The number of oxazole rings is 1. The van der Waals surface area contributed by atoms with E-state index in [2.05, 4.69) is 24.9 Å². The minimum Gasteiger partial charge on any atom is -0.495 e. The Bertz CT molecular complexity index is 1580. The van der Waals surface area contributed by atoms with Gasteiger partial charge in [-0.05, 0) is 75.6 Å². The van der Waals surface area contributed by atoms with E-state index < -0.39 is 6.09 Å². The monoisotopic (exact) mass is 673 g/mol. The third-order valence-corrected chi connectivity index (χ3v) is 10.7. The highest BCUT2D eigenvalue weighted by atomic mass is 16.5. The standard InChI is InChI=1S/C32H42N4O3.C6H9NO3/c1-21(2)31-35-28(20-39-31)26-16-17-33-30(18-26)36(32(37)25-8-6-5-7-9-25)19-23-10-12-24(13-11-23)27-14-15-29(38-4)22(3)34-27;8-5(9)7-1-6(2-7)3-10-4-6/h14-18,20-21,23-25H,5-13,19H2,1-4H3;1-4H2,(H,8,9). The number of nitrogens with zero attached hydrogens (tertiary/aromatic N) is 5. The van der Waals surface area contributed by atoms with Crippen LogP contribution < -0.4 is 9.64 Å². The zero-order valence-electron chi connectivity index (χ0n) is 29.4. The fraction of sp³-hybridized carbons (Fsp3) is 0.605. The zero-order chi connectivity index (χ0) is 34.5. The number of hydrogen-bond donors (Lipinski definition) is 1. The molecule has 0 bridgehead atoms. The zero-order valence-corrected chi connectivity index (χ0v) is 29.4. The summed E-state index contributed by atoms with van der Waals surface area (Å²) in [5.74, 6) is 3.73. The molecule has 4 aliphatic rings. The summed E-state index contributed by atoms with van der Waals surface area (Å²) in [4.78, 5) is 41.8. The van der Waals surface area contributed by atoms with Gasteiger partial charge in [0.05, 0.1) is 31.4 Å². The van der Waals surface area contributed by atoms with E-state index in [0.29, 0.717) is 31.5 Å². The number of pyridine rings is 2. The lowest BCUT2D eigenvalue weighted by Gasteiger charge is -2.53.